The van der Waals surface area contributed by atoms with Crippen molar-refractivity contribution in [3.63, 3.8) is 0 Å². The summed E-state index contributed by atoms with van der Waals surface area (Å²) in [5, 5.41) is 4.61. The first-order valence-corrected chi connectivity index (χ1v) is 6.52. The molecule has 0 amide bonds. The summed E-state index contributed by atoms with van der Waals surface area (Å²) in [5.41, 5.74) is 7.87. The predicted molar refractivity (Wildman–Crippen MR) is 75.9 cm³/mol. The normalized spacial score (nSPS) is 13.6. The molecule has 102 valence electrons. The maximum absolute atomic E-state index is 6.12. The fraction of sp³-hybridized carbons (Fsp3) is 0.429. The van der Waals surface area contributed by atoms with Crippen LogP contribution in [0.4, 0.5) is 0 Å². The average Bonchev–Trinajstić information content (AvgIpc) is 2.79. The first-order valence-electron chi connectivity index (χ1n) is 6.15. The van der Waals surface area contributed by atoms with E-state index < -0.39 is 0 Å². The van der Waals surface area contributed by atoms with Gasteiger partial charge in [0.15, 0.2) is 5.82 Å². The molecule has 0 spiro atoms. The molecule has 19 heavy (non-hydrogen) atoms. The standard InChI is InChI=1S/C14H18ClN3O/c1-8-5-6-9(15)7-10(8)13-17-12(18-19-13)11(16)14(2,3)4/h5-7,11H,16H2,1-4H3. The lowest BCUT2D eigenvalue weighted by Gasteiger charge is -2.23. The molecule has 0 radical (unpaired) electrons. The van der Waals surface area contributed by atoms with Crippen molar-refractivity contribution in [1.29, 1.82) is 0 Å². The molecular formula is C14H18ClN3O. The fourth-order valence-corrected chi connectivity index (χ4v) is 1.85. The third-order valence-corrected chi connectivity index (χ3v) is 3.32. The molecule has 1 aromatic carbocycles. The van der Waals surface area contributed by atoms with Crippen molar-refractivity contribution in [2.24, 2.45) is 11.1 Å². The number of hydrogen-bond donors (Lipinski definition) is 1. The highest BCUT2D eigenvalue weighted by molar-refractivity contribution is 6.30. The number of rotatable bonds is 2. The largest absolute Gasteiger partial charge is 0.334 e. The third kappa shape index (κ3) is 2.96. The van der Waals surface area contributed by atoms with E-state index in [9.17, 15) is 0 Å². The van der Waals surface area contributed by atoms with Crippen LogP contribution in [0.2, 0.25) is 5.02 Å². The van der Waals surface area contributed by atoms with Crippen molar-refractivity contribution in [2.45, 2.75) is 33.7 Å². The second-order valence-electron chi connectivity index (χ2n) is 5.76. The van der Waals surface area contributed by atoms with Gasteiger partial charge < -0.3 is 10.3 Å². The molecule has 0 saturated carbocycles. The highest BCUT2D eigenvalue weighted by Crippen LogP contribution is 2.31. The first-order chi connectivity index (χ1) is 8.79. The van der Waals surface area contributed by atoms with E-state index in [2.05, 4.69) is 10.1 Å². The van der Waals surface area contributed by atoms with Gasteiger partial charge in [-0.1, -0.05) is 43.6 Å². The maximum Gasteiger partial charge on any atom is 0.258 e. The molecule has 0 fully saturated rings. The lowest BCUT2D eigenvalue weighted by molar-refractivity contribution is 0.303. The average molecular weight is 280 g/mol. The molecule has 0 aliphatic carbocycles. The van der Waals surface area contributed by atoms with Crippen LogP contribution in [-0.2, 0) is 0 Å². The number of benzene rings is 1. The Morgan fingerprint density at radius 1 is 1.32 bits per heavy atom. The van der Waals surface area contributed by atoms with E-state index in [0.717, 1.165) is 11.1 Å². The zero-order valence-electron chi connectivity index (χ0n) is 11.6. The van der Waals surface area contributed by atoms with Crippen molar-refractivity contribution < 1.29 is 4.52 Å². The Labute approximate surface area is 118 Å². The Morgan fingerprint density at radius 3 is 2.63 bits per heavy atom. The van der Waals surface area contributed by atoms with Crippen molar-refractivity contribution in [1.82, 2.24) is 10.1 Å². The van der Waals surface area contributed by atoms with Crippen molar-refractivity contribution in [2.75, 3.05) is 0 Å². The van der Waals surface area contributed by atoms with Crippen LogP contribution in [0.5, 0.6) is 0 Å². The first kappa shape index (κ1) is 14.0. The van der Waals surface area contributed by atoms with Crippen LogP contribution >= 0.6 is 11.6 Å². The van der Waals surface area contributed by atoms with Gasteiger partial charge >= 0.3 is 0 Å². The predicted octanol–water partition coefficient (Wildman–Crippen LogP) is 3.74. The van der Waals surface area contributed by atoms with Crippen LogP contribution in [-0.4, -0.2) is 10.1 Å². The van der Waals surface area contributed by atoms with Gasteiger partial charge in [0, 0.05) is 10.6 Å². The molecule has 5 heteroatoms. The van der Waals surface area contributed by atoms with E-state index in [4.69, 9.17) is 21.9 Å². The Balaban J connectivity index is 2.39. The van der Waals surface area contributed by atoms with E-state index in [0.29, 0.717) is 16.7 Å². The van der Waals surface area contributed by atoms with E-state index >= 15 is 0 Å². The van der Waals surface area contributed by atoms with Gasteiger partial charge in [-0.05, 0) is 30.0 Å². The highest BCUT2D eigenvalue weighted by atomic mass is 35.5. The smallest absolute Gasteiger partial charge is 0.258 e. The molecule has 1 unspecified atom stereocenters. The van der Waals surface area contributed by atoms with Crippen molar-refractivity contribution in [3.05, 3.63) is 34.6 Å². The Kier molecular flexibility index (Phi) is 3.65. The van der Waals surface area contributed by atoms with Crippen molar-refractivity contribution >= 4 is 11.6 Å². The molecule has 1 atom stereocenters. The molecular weight excluding hydrogens is 262 g/mol. The second-order valence-corrected chi connectivity index (χ2v) is 6.20. The molecule has 2 N–H and O–H groups in total. The number of nitrogens with zero attached hydrogens (tertiary/aromatic N) is 2. The number of nitrogens with two attached hydrogens (primary N) is 1. The maximum atomic E-state index is 6.12. The van der Waals surface area contributed by atoms with Gasteiger partial charge in [0.25, 0.3) is 5.89 Å². The minimum atomic E-state index is -0.274. The molecule has 0 aliphatic rings. The SMILES string of the molecule is Cc1ccc(Cl)cc1-c1nc(C(N)C(C)(C)C)no1. The highest BCUT2D eigenvalue weighted by Gasteiger charge is 2.27. The molecule has 1 aromatic heterocycles. The summed E-state index contributed by atoms with van der Waals surface area (Å²) in [7, 11) is 0. The molecule has 4 nitrogen and oxygen atoms in total. The van der Waals surface area contributed by atoms with Crippen LogP contribution in [0.25, 0.3) is 11.5 Å². The topological polar surface area (TPSA) is 64.9 Å². The minimum Gasteiger partial charge on any atom is -0.334 e. The van der Waals surface area contributed by atoms with Gasteiger partial charge in [0.05, 0.1) is 6.04 Å². The van der Waals surface area contributed by atoms with Crippen LogP contribution in [0.3, 0.4) is 0 Å². The van der Waals surface area contributed by atoms with Gasteiger partial charge in [-0.2, -0.15) is 4.98 Å². The molecule has 1 heterocycles. The van der Waals surface area contributed by atoms with E-state index in [1.807, 2.05) is 45.9 Å². The summed E-state index contributed by atoms with van der Waals surface area (Å²) < 4.78 is 5.30. The summed E-state index contributed by atoms with van der Waals surface area (Å²) in [4.78, 5) is 4.39. The van der Waals surface area contributed by atoms with Crippen LogP contribution in [0, 0.1) is 12.3 Å². The molecule has 2 rings (SSSR count). The second kappa shape index (κ2) is 4.94. The summed E-state index contributed by atoms with van der Waals surface area (Å²) in [6.45, 7) is 8.09. The molecule has 0 saturated heterocycles. The zero-order chi connectivity index (χ0) is 14.2. The van der Waals surface area contributed by atoms with Gasteiger partial charge in [0.2, 0.25) is 0 Å². The number of halogens is 1. The Bertz CT molecular complexity index is 587. The van der Waals surface area contributed by atoms with Crippen molar-refractivity contribution in [3.8, 4) is 11.5 Å². The number of aryl methyl sites for hydroxylation is 1. The number of hydrogen-bond acceptors (Lipinski definition) is 4. The summed E-state index contributed by atoms with van der Waals surface area (Å²) in [6.07, 6.45) is 0. The quantitative estimate of drug-likeness (QED) is 0.909. The van der Waals surface area contributed by atoms with Crippen LogP contribution in [0.1, 0.15) is 38.2 Å². The molecule has 0 aliphatic heterocycles. The monoisotopic (exact) mass is 279 g/mol. The lowest BCUT2D eigenvalue weighted by Crippen LogP contribution is -2.27. The van der Waals surface area contributed by atoms with E-state index in [1.165, 1.54) is 0 Å². The summed E-state index contributed by atoms with van der Waals surface area (Å²) in [5.74, 6) is 0.969. The zero-order valence-corrected chi connectivity index (χ0v) is 12.3. The molecule has 2 aromatic rings. The fourth-order valence-electron chi connectivity index (χ4n) is 1.68. The van der Waals surface area contributed by atoms with Gasteiger partial charge in [0.1, 0.15) is 0 Å². The van der Waals surface area contributed by atoms with Crippen LogP contribution in [0.15, 0.2) is 22.7 Å². The van der Waals surface area contributed by atoms with Gasteiger partial charge in [-0.25, -0.2) is 0 Å². The Hall–Kier alpha value is -1.39. The minimum absolute atomic E-state index is 0.121. The van der Waals surface area contributed by atoms with Crippen LogP contribution < -0.4 is 5.73 Å². The Morgan fingerprint density at radius 2 is 2.00 bits per heavy atom. The lowest BCUT2D eigenvalue weighted by atomic mass is 9.87. The number of aromatic nitrogens is 2. The van der Waals surface area contributed by atoms with Gasteiger partial charge in [-0.3, -0.25) is 0 Å². The van der Waals surface area contributed by atoms with E-state index in [1.54, 1.807) is 0 Å². The van der Waals surface area contributed by atoms with E-state index in [-0.39, 0.29) is 11.5 Å². The van der Waals surface area contributed by atoms with Gasteiger partial charge in [-0.15, -0.1) is 0 Å². The molecule has 0 bridgehead atoms. The summed E-state index contributed by atoms with van der Waals surface area (Å²) in [6, 6.07) is 5.30. The summed E-state index contributed by atoms with van der Waals surface area (Å²) >= 11 is 5.99. The third-order valence-electron chi connectivity index (χ3n) is 3.08.